The summed E-state index contributed by atoms with van der Waals surface area (Å²) in [6.07, 6.45) is 0. The van der Waals surface area contributed by atoms with Crippen LogP contribution in [0.15, 0.2) is 12.1 Å². The van der Waals surface area contributed by atoms with E-state index in [2.05, 4.69) is 19.9 Å². The number of nitrogens with zero attached hydrogens (tertiary/aromatic N) is 4. The molecular weight excluding hydrogens is 776 g/mol. The Morgan fingerprint density at radius 2 is 0.667 bits per heavy atom. The van der Waals surface area contributed by atoms with Gasteiger partial charge in [-0.05, 0) is 53.7 Å². The first-order valence-electron chi connectivity index (χ1n) is 5.94. The molecule has 0 fully saturated rings. The van der Waals surface area contributed by atoms with Crippen LogP contribution in [0.3, 0.4) is 0 Å². The van der Waals surface area contributed by atoms with Crippen molar-refractivity contribution in [2.24, 2.45) is 0 Å². The maximum atomic E-state index is 4.12. The van der Waals surface area contributed by atoms with Gasteiger partial charge in [0.2, 0.25) is 0 Å². The molecular formula is C14H20N4W3. The first-order valence-corrected chi connectivity index (χ1v) is 5.94. The molecule has 21 heavy (non-hydrogen) atoms. The predicted molar refractivity (Wildman–Crippen MR) is 72.5 cm³/mol. The summed E-state index contributed by atoms with van der Waals surface area (Å²) in [6, 6.07) is 3.93. The SMILES string of the molecule is Cc1cc(C)nc(C)n1.Cc1cc(C)nc(C)n1.[W].[W].[W]. The summed E-state index contributed by atoms with van der Waals surface area (Å²) in [4.78, 5) is 16.5. The van der Waals surface area contributed by atoms with E-state index in [0.29, 0.717) is 0 Å². The minimum Gasteiger partial charge on any atom is -0.239 e. The second-order valence-corrected chi connectivity index (χ2v) is 4.40. The maximum absolute atomic E-state index is 4.12. The quantitative estimate of drug-likeness (QED) is 0.412. The molecule has 2 aromatic rings. The molecule has 0 amide bonds. The van der Waals surface area contributed by atoms with Crippen molar-refractivity contribution in [3.63, 3.8) is 0 Å². The summed E-state index contributed by atoms with van der Waals surface area (Å²) in [7, 11) is 0. The molecule has 7 heteroatoms. The van der Waals surface area contributed by atoms with Gasteiger partial charge in [0.05, 0.1) is 0 Å². The van der Waals surface area contributed by atoms with Crippen LogP contribution in [0.2, 0.25) is 0 Å². The van der Waals surface area contributed by atoms with E-state index in [9.17, 15) is 0 Å². The van der Waals surface area contributed by atoms with Gasteiger partial charge in [-0.15, -0.1) is 0 Å². The minimum atomic E-state index is 0. The molecule has 0 spiro atoms. The number of aryl methyl sites for hydroxylation is 6. The van der Waals surface area contributed by atoms with Crippen LogP contribution in [0.5, 0.6) is 0 Å². The van der Waals surface area contributed by atoms with Gasteiger partial charge in [-0.3, -0.25) is 0 Å². The fourth-order valence-electron chi connectivity index (χ4n) is 1.80. The molecule has 0 aliphatic rings. The van der Waals surface area contributed by atoms with E-state index >= 15 is 0 Å². The summed E-state index contributed by atoms with van der Waals surface area (Å²) in [5.41, 5.74) is 4.17. The molecule has 0 bridgehead atoms. The van der Waals surface area contributed by atoms with Crippen molar-refractivity contribution >= 4 is 0 Å². The van der Waals surface area contributed by atoms with E-state index in [-0.39, 0.29) is 63.2 Å². The van der Waals surface area contributed by atoms with Crippen molar-refractivity contribution in [2.45, 2.75) is 41.5 Å². The Bertz CT molecular complexity index is 397. The van der Waals surface area contributed by atoms with E-state index in [1.165, 1.54) is 0 Å². The number of hydrogen-bond acceptors (Lipinski definition) is 4. The molecule has 2 rings (SSSR count). The Labute approximate surface area is 170 Å². The standard InChI is InChI=1S/2C7H10N2.3W/c2*1-5-4-6(2)9-7(3)8-5;;;/h2*4H,1-3H3;;;. The minimum absolute atomic E-state index is 0. The van der Waals surface area contributed by atoms with Gasteiger partial charge >= 0.3 is 0 Å². The molecule has 0 saturated heterocycles. The van der Waals surface area contributed by atoms with E-state index < -0.39 is 0 Å². The Balaban J connectivity index is -0.000000270. The first kappa shape index (κ1) is 26.1. The van der Waals surface area contributed by atoms with E-state index in [1.807, 2.05) is 53.7 Å². The third kappa shape index (κ3) is 11.4. The number of hydrogen-bond donors (Lipinski definition) is 0. The van der Waals surface area contributed by atoms with Crippen LogP contribution < -0.4 is 0 Å². The van der Waals surface area contributed by atoms with Crippen LogP contribution in [0.1, 0.15) is 34.4 Å². The average Bonchev–Trinajstić information content (AvgIpc) is 2.12. The predicted octanol–water partition coefficient (Wildman–Crippen LogP) is 2.80. The van der Waals surface area contributed by atoms with Crippen molar-refractivity contribution in [2.75, 3.05) is 0 Å². The van der Waals surface area contributed by atoms with Crippen molar-refractivity contribution in [3.8, 4) is 0 Å². The Morgan fingerprint density at radius 1 is 0.476 bits per heavy atom. The molecule has 0 aliphatic heterocycles. The molecule has 0 unspecified atom stereocenters. The van der Waals surface area contributed by atoms with Gasteiger partial charge in [-0.25, -0.2) is 19.9 Å². The van der Waals surface area contributed by atoms with Gasteiger partial charge < -0.3 is 0 Å². The molecule has 0 saturated carbocycles. The van der Waals surface area contributed by atoms with E-state index in [0.717, 1.165) is 34.4 Å². The van der Waals surface area contributed by atoms with Crippen LogP contribution in [-0.4, -0.2) is 19.9 Å². The van der Waals surface area contributed by atoms with Crippen LogP contribution in [0.25, 0.3) is 0 Å². The number of rotatable bonds is 0. The zero-order valence-corrected chi connectivity index (χ0v) is 22.0. The summed E-state index contributed by atoms with van der Waals surface area (Å²) in [5.74, 6) is 1.71. The molecule has 0 radical (unpaired) electrons. The largest absolute Gasteiger partial charge is 0.239 e. The molecule has 0 atom stereocenters. The fraction of sp³-hybridized carbons (Fsp3) is 0.429. The van der Waals surface area contributed by atoms with Crippen LogP contribution >= 0.6 is 0 Å². The third-order valence-electron chi connectivity index (χ3n) is 2.19. The molecule has 2 aromatic heterocycles. The van der Waals surface area contributed by atoms with Crippen molar-refractivity contribution in [1.82, 2.24) is 19.9 Å². The summed E-state index contributed by atoms with van der Waals surface area (Å²) < 4.78 is 0. The van der Waals surface area contributed by atoms with Crippen molar-refractivity contribution in [1.29, 1.82) is 0 Å². The van der Waals surface area contributed by atoms with E-state index in [1.54, 1.807) is 0 Å². The molecule has 2 heterocycles. The van der Waals surface area contributed by atoms with Crippen molar-refractivity contribution in [3.05, 3.63) is 46.6 Å². The van der Waals surface area contributed by atoms with Gasteiger partial charge in [0.25, 0.3) is 0 Å². The van der Waals surface area contributed by atoms with Gasteiger partial charge in [0, 0.05) is 86.0 Å². The first-order chi connectivity index (χ1) is 8.36. The Kier molecular flexibility index (Phi) is 15.9. The van der Waals surface area contributed by atoms with Crippen LogP contribution in [0.4, 0.5) is 0 Å². The second-order valence-electron chi connectivity index (χ2n) is 4.40. The smallest absolute Gasteiger partial charge is 0.125 e. The second kappa shape index (κ2) is 12.7. The summed E-state index contributed by atoms with van der Waals surface area (Å²) in [6.45, 7) is 11.7. The molecule has 0 aliphatic carbocycles. The fourth-order valence-corrected chi connectivity index (χ4v) is 1.80. The van der Waals surface area contributed by atoms with Gasteiger partial charge in [-0.1, -0.05) is 0 Å². The van der Waals surface area contributed by atoms with Gasteiger partial charge in [-0.2, -0.15) is 0 Å². The maximum Gasteiger partial charge on any atom is 0.125 e. The van der Waals surface area contributed by atoms with Crippen LogP contribution in [0, 0.1) is 41.5 Å². The van der Waals surface area contributed by atoms with Gasteiger partial charge in [0.1, 0.15) is 11.6 Å². The Morgan fingerprint density at radius 3 is 0.810 bits per heavy atom. The van der Waals surface area contributed by atoms with Crippen LogP contribution in [-0.2, 0) is 63.2 Å². The third-order valence-corrected chi connectivity index (χ3v) is 2.19. The monoisotopic (exact) mass is 796 g/mol. The zero-order chi connectivity index (χ0) is 13.7. The zero-order valence-electron chi connectivity index (χ0n) is 13.2. The summed E-state index contributed by atoms with van der Waals surface area (Å²) in [5, 5.41) is 0. The normalized spacial score (nSPS) is 8.29. The number of aromatic nitrogens is 4. The van der Waals surface area contributed by atoms with E-state index in [4.69, 9.17) is 0 Å². The molecule has 4 nitrogen and oxygen atoms in total. The average molecular weight is 796 g/mol. The molecule has 0 N–H and O–H groups in total. The molecule has 0 aromatic carbocycles. The van der Waals surface area contributed by atoms with Gasteiger partial charge in [0.15, 0.2) is 0 Å². The topological polar surface area (TPSA) is 51.6 Å². The van der Waals surface area contributed by atoms with Crippen molar-refractivity contribution < 1.29 is 63.2 Å². The molecule has 114 valence electrons. The Hall–Kier alpha value is 0.225. The summed E-state index contributed by atoms with van der Waals surface area (Å²) >= 11 is 0.